The Balaban J connectivity index is 0.00000134. The highest BCUT2D eigenvalue weighted by atomic mass is 32.1. The van der Waals surface area contributed by atoms with E-state index in [0.29, 0.717) is 23.5 Å². The highest BCUT2D eigenvalue weighted by Crippen LogP contribution is 2.37. The van der Waals surface area contributed by atoms with Crippen LogP contribution in [0.25, 0.3) is 5.57 Å². The van der Waals surface area contributed by atoms with E-state index in [1.54, 1.807) is 0 Å². The summed E-state index contributed by atoms with van der Waals surface area (Å²) < 4.78 is 21.8. The summed E-state index contributed by atoms with van der Waals surface area (Å²) in [6.45, 7) is 8.39. The highest BCUT2D eigenvalue weighted by molar-refractivity contribution is 6.99. The summed E-state index contributed by atoms with van der Waals surface area (Å²) in [7, 11) is 3.16. The molecule has 1 N–H and O–H groups in total. The summed E-state index contributed by atoms with van der Waals surface area (Å²) in [5.74, 6) is 0.394. The lowest BCUT2D eigenvalue weighted by Crippen LogP contribution is -2.51. The Morgan fingerprint density at radius 1 is 1.00 bits per heavy atom. The number of aliphatic hydroxyl groups is 1. The largest absolute Gasteiger partial charge is 0.475 e. The number of hydrogen-bond acceptors (Lipinski definition) is 7. The van der Waals surface area contributed by atoms with Crippen molar-refractivity contribution in [3.8, 4) is 5.88 Å². The molecule has 218 valence electrons. The molecule has 0 radical (unpaired) electrons. The van der Waals surface area contributed by atoms with E-state index in [1.807, 2.05) is 74.5 Å². The van der Waals surface area contributed by atoms with Gasteiger partial charge in [0.2, 0.25) is 0 Å². The fourth-order valence-electron chi connectivity index (χ4n) is 4.71. The minimum absolute atomic E-state index is 0.225. The van der Waals surface area contributed by atoms with E-state index in [9.17, 15) is 4.79 Å². The van der Waals surface area contributed by atoms with E-state index in [2.05, 4.69) is 28.8 Å². The molecule has 0 saturated carbocycles. The zero-order chi connectivity index (χ0) is 29.2. The average molecular weight is 569 g/mol. The normalized spacial score (nSPS) is 16.8. The Labute approximate surface area is 244 Å². The number of hydrogen-bond donors (Lipinski definition) is 1. The molecule has 2 atom stereocenters. The van der Waals surface area contributed by atoms with Gasteiger partial charge < -0.3 is 14.6 Å². The molecular formula is C32H46N3O4S+. The van der Waals surface area contributed by atoms with Crippen LogP contribution in [0.15, 0.2) is 66.7 Å². The number of aromatic nitrogens is 2. The van der Waals surface area contributed by atoms with Gasteiger partial charge in [-0.3, -0.25) is 9.28 Å². The molecule has 1 aromatic heterocycles. The van der Waals surface area contributed by atoms with Gasteiger partial charge in [-0.25, -0.2) is 0 Å². The second kappa shape index (κ2) is 18.3. The van der Waals surface area contributed by atoms with Crippen LogP contribution in [0.5, 0.6) is 5.88 Å². The standard InChI is InChI=1S/C29H36N3O3S.C2H6.CH4O/c1-3-4-5-12-20-34-28-27(30-36-31-28)25-18-13-19-32(2,22-25)29(24-16-10-7-11-17-24)35-26(33)21-23-14-8-6-9-15-23;2*1-2/h6-11,14-18,29H,3-5,12-13,19-22H2,1-2H3;1-2H3;2H,1H3/q+1;;. The Kier molecular flexibility index (Phi) is 15.2. The van der Waals surface area contributed by atoms with Crippen LogP contribution in [0.3, 0.4) is 0 Å². The van der Waals surface area contributed by atoms with Gasteiger partial charge in [-0.05, 0) is 24.1 Å². The first-order valence-electron chi connectivity index (χ1n) is 14.3. The summed E-state index contributed by atoms with van der Waals surface area (Å²) in [4.78, 5) is 13.1. The third-order valence-corrected chi connectivity index (χ3v) is 7.16. The van der Waals surface area contributed by atoms with E-state index in [1.165, 1.54) is 24.6 Å². The van der Waals surface area contributed by atoms with Crippen molar-refractivity contribution in [2.24, 2.45) is 0 Å². The molecule has 0 fully saturated rings. The van der Waals surface area contributed by atoms with Crippen LogP contribution in [0.4, 0.5) is 0 Å². The molecule has 1 aliphatic rings. The van der Waals surface area contributed by atoms with Crippen LogP contribution < -0.4 is 4.74 Å². The molecule has 0 aliphatic carbocycles. The number of rotatable bonds is 12. The minimum atomic E-state index is -0.420. The Morgan fingerprint density at radius 3 is 2.35 bits per heavy atom. The molecule has 2 aromatic carbocycles. The van der Waals surface area contributed by atoms with Crippen LogP contribution in [-0.4, -0.2) is 58.2 Å². The van der Waals surface area contributed by atoms with Gasteiger partial charge in [0.15, 0.2) is 0 Å². The third-order valence-electron chi connectivity index (χ3n) is 6.65. The Bertz CT molecular complexity index is 1140. The third kappa shape index (κ3) is 9.84. The average Bonchev–Trinajstić information content (AvgIpc) is 3.47. The number of ether oxygens (including phenoxy) is 2. The molecule has 1 aliphatic heterocycles. The lowest BCUT2D eigenvalue weighted by atomic mass is 10.0. The van der Waals surface area contributed by atoms with Crippen molar-refractivity contribution in [1.82, 2.24) is 8.75 Å². The van der Waals surface area contributed by atoms with Gasteiger partial charge in [-0.1, -0.05) is 94.6 Å². The van der Waals surface area contributed by atoms with Crippen molar-refractivity contribution in [2.45, 2.75) is 65.5 Å². The molecule has 40 heavy (non-hydrogen) atoms. The zero-order valence-corrected chi connectivity index (χ0v) is 25.5. The van der Waals surface area contributed by atoms with Crippen LogP contribution in [0.2, 0.25) is 0 Å². The summed E-state index contributed by atoms with van der Waals surface area (Å²) in [5, 5.41) is 7.00. The van der Waals surface area contributed by atoms with Crippen LogP contribution >= 0.6 is 11.7 Å². The van der Waals surface area contributed by atoms with E-state index < -0.39 is 6.23 Å². The predicted octanol–water partition coefficient (Wildman–Crippen LogP) is 6.85. The van der Waals surface area contributed by atoms with Gasteiger partial charge >= 0.3 is 5.97 Å². The zero-order valence-electron chi connectivity index (χ0n) is 24.7. The summed E-state index contributed by atoms with van der Waals surface area (Å²) >= 11 is 1.19. The number of carbonyl (C=O) groups excluding carboxylic acids is 1. The van der Waals surface area contributed by atoms with Gasteiger partial charge in [0, 0.05) is 19.1 Å². The number of carbonyl (C=O) groups is 1. The minimum Gasteiger partial charge on any atom is -0.475 e. The second-order valence-corrected chi connectivity index (χ2v) is 10.1. The maximum atomic E-state index is 13.1. The number of likely N-dealkylation sites (N-methyl/N-ethyl adjacent to an activating group) is 1. The van der Waals surface area contributed by atoms with Gasteiger partial charge in [0.1, 0.15) is 12.2 Å². The summed E-state index contributed by atoms with van der Waals surface area (Å²) in [6, 6.07) is 19.8. The SMILES string of the molecule is CC.CCCCCCOc1nsnc1C1=CCC[N+](C)(C(OC(=O)Cc2ccccc2)c2ccccc2)C1.CO. The van der Waals surface area contributed by atoms with Crippen molar-refractivity contribution in [2.75, 3.05) is 33.9 Å². The van der Waals surface area contributed by atoms with E-state index in [4.69, 9.17) is 14.6 Å². The molecule has 0 saturated heterocycles. The van der Waals surface area contributed by atoms with Gasteiger partial charge in [-0.15, -0.1) is 4.37 Å². The van der Waals surface area contributed by atoms with Crippen molar-refractivity contribution >= 4 is 23.3 Å². The quantitative estimate of drug-likeness (QED) is 0.146. The molecule has 0 bridgehead atoms. The number of unbranched alkanes of at least 4 members (excludes halogenated alkanes) is 3. The highest BCUT2D eigenvalue weighted by Gasteiger charge is 2.40. The molecule has 4 rings (SSSR count). The molecule has 8 heteroatoms. The number of benzene rings is 2. The van der Waals surface area contributed by atoms with E-state index >= 15 is 0 Å². The molecule has 0 amide bonds. The summed E-state index contributed by atoms with van der Waals surface area (Å²) in [5.41, 5.74) is 3.86. The maximum absolute atomic E-state index is 13.1. The topological polar surface area (TPSA) is 81.5 Å². The fourth-order valence-corrected chi connectivity index (χ4v) is 5.24. The molecule has 2 heterocycles. The first-order valence-corrected chi connectivity index (χ1v) is 15.0. The molecular weight excluding hydrogens is 522 g/mol. The van der Waals surface area contributed by atoms with E-state index in [-0.39, 0.29) is 12.4 Å². The first-order chi connectivity index (χ1) is 19.6. The smallest absolute Gasteiger partial charge is 0.315 e. The van der Waals surface area contributed by atoms with Crippen molar-refractivity contribution in [3.63, 3.8) is 0 Å². The molecule has 2 unspecified atom stereocenters. The van der Waals surface area contributed by atoms with Gasteiger partial charge in [0.05, 0.1) is 43.9 Å². The number of nitrogens with zero attached hydrogens (tertiary/aromatic N) is 3. The van der Waals surface area contributed by atoms with Crippen LogP contribution in [0, 0.1) is 0 Å². The van der Waals surface area contributed by atoms with Crippen molar-refractivity contribution < 1.29 is 23.9 Å². The predicted molar refractivity (Wildman–Crippen MR) is 163 cm³/mol. The summed E-state index contributed by atoms with van der Waals surface area (Å²) in [6.07, 6.45) is 7.52. The van der Waals surface area contributed by atoms with E-state index in [0.717, 1.165) is 55.3 Å². The Hall–Kier alpha value is -3.07. The lowest BCUT2D eigenvalue weighted by Gasteiger charge is -2.42. The Morgan fingerprint density at radius 2 is 1.68 bits per heavy atom. The maximum Gasteiger partial charge on any atom is 0.315 e. The number of esters is 1. The monoisotopic (exact) mass is 568 g/mol. The van der Waals surface area contributed by atoms with Crippen molar-refractivity contribution in [3.05, 3.63) is 83.6 Å². The van der Waals surface area contributed by atoms with Gasteiger partial charge in [0.25, 0.3) is 12.1 Å². The molecule has 3 aromatic rings. The molecule has 0 spiro atoms. The number of quaternary nitrogens is 1. The molecule has 7 nitrogen and oxygen atoms in total. The van der Waals surface area contributed by atoms with Crippen molar-refractivity contribution in [1.29, 1.82) is 0 Å². The number of aliphatic hydroxyl groups excluding tert-OH is 1. The van der Waals surface area contributed by atoms with Gasteiger partial charge in [-0.2, -0.15) is 4.37 Å². The first kappa shape index (κ1) is 33.1. The second-order valence-electron chi connectivity index (χ2n) is 9.62. The lowest BCUT2D eigenvalue weighted by molar-refractivity contribution is -0.953. The van der Waals surface area contributed by atoms with Crippen LogP contribution in [0.1, 0.15) is 75.9 Å². The van der Waals surface area contributed by atoms with Crippen LogP contribution in [-0.2, 0) is 16.0 Å². The fraction of sp³-hybridized carbons (Fsp3) is 0.469.